The maximum absolute atomic E-state index is 5.78. The SMILES string of the molecule is CCc1cc2c(SCc3nnc(-c4cc(C)oc4C)o3)ncnc2s1. The maximum Gasteiger partial charge on any atom is 0.251 e. The molecular weight excluding hydrogens is 356 g/mol. The molecule has 0 N–H and O–H groups in total. The lowest BCUT2D eigenvalue weighted by Crippen LogP contribution is -1.85. The number of hydrogen-bond acceptors (Lipinski definition) is 8. The highest BCUT2D eigenvalue weighted by molar-refractivity contribution is 7.98. The first kappa shape index (κ1) is 16.3. The average molecular weight is 372 g/mol. The van der Waals surface area contributed by atoms with E-state index in [1.165, 1.54) is 4.88 Å². The number of rotatable bonds is 5. The highest BCUT2D eigenvalue weighted by Crippen LogP contribution is 2.33. The molecule has 4 heterocycles. The van der Waals surface area contributed by atoms with Gasteiger partial charge in [-0.3, -0.25) is 0 Å². The van der Waals surface area contributed by atoms with Gasteiger partial charge in [0.1, 0.15) is 27.7 Å². The van der Waals surface area contributed by atoms with Crippen molar-refractivity contribution in [3.05, 3.63) is 40.7 Å². The molecule has 25 heavy (non-hydrogen) atoms. The summed E-state index contributed by atoms with van der Waals surface area (Å²) in [4.78, 5) is 11.1. The van der Waals surface area contributed by atoms with Crippen molar-refractivity contribution in [2.75, 3.05) is 0 Å². The molecule has 128 valence electrons. The lowest BCUT2D eigenvalue weighted by Gasteiger charge is -1.98. The van der Waals surface area contributed by atoms with Crippen LogP contribution >= 0.6 is 23.1 Å². The predicted octanol–water partition coefficient (Wildman–Crippen LogP) is 4.81. The molecule has 0 aliphatic rings. The van der Waals surface area contributed by atoms with Crippen molar-refractivity contribution in [3.8, 4) is 11.5 Å². The van der Waals surface area contributed by atoms with Crippen molar-refractivity contribution in [1.29, 1.82) is 0 Å². The van der Waals surface area contributed by atoms with Crippen LogP contribution in [-0.4, -0.2) is 20.2 Å². The molecule has 4 aromatic rings. The summed E-state index contributed by atoms with van der Waals surface area (Å²) in [5, 5.41) is 10.3. The van der Waals surface area contributed by atoms with Gasteiger partial charge in [0, 0.05) is 10.3 Å². The molecule has 0 amide bonds. The number of furan rings is 1. The molecule has 0 saturated heterocycles. The van der Waals surface area contributed by atoms with Gasteiger partial charge in [-0.15, -0.1) is 21.5 Å². The van der Waals surface area contributed by atoms with E-state index in [4.69, 9.17) is 8.83 Å². The van der Waals surface area contributed by atoms with Crippen molar-refractivity contribution in [2.45, 2.75) is 38.0 Å². The third-order valence-corrected chi connectivity index (χ3v) is 5.94. The van der Waals surface area contributed by atoms with Crippen LogP contribution in [0.2, 0.25) is 0 Å². The van der Waals surface area contributed by atoms with E-state index < -0.39 is 0 Å². The smallest absolute Gasteiger partial charge is 0.251 e. The first-order valence-electron chi connectivity index (χ1n) is 7.90. The second-order valence-electron chi connectivity index (χ2n) is 5.58. The Morgan fingerprint density at radius 3 is 2.76 bits per heavy atom. The van der Waals surface area contributed by atoms with E-state index >= 15 is 0 Å². The number of fused-ring (bicyclic) bond motifs is 1. The summed E-state index contributed by atoms with van der Waals surface area (Å²) >= 11 is 3.29. The van der Waals surface area contributed by atoms with Crippen LogP contribution in [0, 0.1) is 13.8 Å². The van der Waals surface area contributed by atoms with Crippen LogP contribution in [-0.2, 0) is 12.2 Å². The molecule has 8 heteroatoms. The van der Waals surface area contributed by atoms with Gasteiger partial charge in [0.2, 0.25) is 5.89 Å². The Balaban J connectivity index is 1.54. The minimum atomic E-state index is 0.488. The molecule has 4 rings (SSSR count). The lowest BCUT2D eigenvalue weighted by atomic mass is 10.2. The van der Waals surface area contributed by atoms with Crippen LogP contribution in [0.1, 0.15) is 29.2 Å². The molecule has 0 saturated carbocycles. The molecule has 0 atom stereocenters. The van der Waals surface area contributed by atoms with Crippen LogP contribution in [0.4, 0.5) is 0 Å². The van der Waals surface area contributed by atoms with Crippen LogP contribution < -0.4 is 0 Å². The molecule has 0 unspecified atom stereocenters. The number of hydrogen-bond donors (Lipinski definition) is 0. The summed E-state index contributed by atoms with van der Waals surface area (Å²) in [6, 6.07) is 4.07. The van der Waals surface area contributed by atoms with Gasteiger partial charge in [-0.25, -0.2) is 9.97 Å². The van der Waals surface area contributed by atoms with Gasteiger partial charge in [0.15, 0.2) is 0 Å². The van der Waals surface area contributed by atoms with Gasteiger partial charge >= 0.3 is 0 Å². The summed E-state index contributed by atoms with van der Waals surface area (Å²) in [6.45, 7) is 5.93. The lowest BCUT2D eigenvalue weighted by molar-refractivity contribution is 0.499. The van der Waals surface area contributed by atoms with Gasteiger partial charge in [0.05, 0.1) is 11.3 Å². The number of thiophene rings is 1. The van der Waals surface area contributed by atoms with Crippen molar-refractivity contribution < 1.29 is 8.83 Å². The maximum atomic E-state index is 5.78. The van der Waals surface area contributed by atoms with Gasteiger partial charge in [0.25, 0.3) is 5.89 Å². The van der Waals surface area contributed by atoms with Gasteiger partial charge in [-0.1, -0.05) is 18.7 Å². The molecule has 0 spiro atoms. The topological polar surface area (TPSA) is 77.8 Å². The van der Waals surface area contributed by atoms with Gasteiger partial charge < -0.3 is 8.83 Å². The van der Waals surface area contributed by atoms with E-state index in [1.54, 1.807) is 29.4 Å². The second-order valence-corrected chi connectivity index (χ2v) is 7.66. The van der Waals surface area contributed by atoms with E-state index in [2.05, 4.69) is 33.2 Å². The Hall–Kier alpha value is -2.19. The highest BCUT2D eigenvalue weighted by Gasteiger charge is 2.16. The van der Waals surface area contributed by atoms with Gasteiger partial charge in [-0.05, 0) is 32.4 Å². The fraction of sp³-hybridized carbons (Fsp3) is 0.294. The Morgan fingerprint density at radius 2 is 2.00 bits per heavy atom. The number of thioether (sulfide) groups is 1. The molecular formula is C17H16N4O2S2. The summed E-state index contributed by atoms with van der Waals surface area (Å²) in [6.07, 6.45) is 2.61. The quantitative estimate of drug-likeness (QED) is 0.367. The Labute approximate surface area is 152 Å². The van der Waals surface area contributed by atoms with Crippen molar-refractivity contribution >= 4 is 33.3 Å². The largest absolute Gasteiger partial charge is 0.466 e. The first-order chi connectivity index (χ1) is 12.1. The van der Waals surface area contributed by atoms with E-state index in [1.807, 2.05) is 19.9 Å². The first-order valence-corrected chi connectivity index (χ1v) is 9.70. The summed E-state index contributed by atoms with van der Waals surface area (Å²) in [5.41, 5.74) is 0.844. The number of aromatic nitrogens is 4. The Bertz CT molecular complexity index is 1030. The fourth-order valence-corrected chi connectivity index (χ4v) is 4.38. The van der Waals surface area contributed by atoms with Crippen molar-refractivity contribution in [3.63, 3.8) is 0 Å². The Kier molecular flexibility index (Phi) is 4.30. The molecule has 0 radical (unpaired) electrons. The Morgan fingerprint density at radius 1 is 1.12 bits per heavy atom. The van der Waals surface area contributed by atoms with Crippen LogP contribution in [0.3, 0.4) is 0 Å². The number of nitrogens with zero attached hydrogens (tertiary/aromatic N) is 4. The van der Waals surface area contributed by atoms with Crippen LogP contribution in [0.15, 0.2) is 32.3 Å². The highest BCUT2D eigenvalue weighted by atomic mass is 32.2. The minimum Gasteiger partial charge on any atom is -0.466 e. The third-order valence-electron chi connectivity index (χ3n) is 3.76. The third kappa shape index (κ3) is 3.19. The monoisotopic (exact) mass is 372 g/mol. The second kappa shape index (κ2) is 6.61. The molecule has 0 fully saturated rings. The summed E-state index contributed by atoms with van der Waals surface area (Å²) in [5.74, 6) is 3.22. The zero-order valence-corrected chi connectivity index (χ0v) is 15.7. The predicted molar refractivity (Wildman–Crippen MR) is 97.8 cm³/mol. The molecule has 0 aliphatic heterocycles. The van der Waals surface area contributed by atoms with Crippen LogP contribution in [0.5, 0.6) is 0 Å². The zero-order valence-electron chi connectivity index (χ0n) is 14.1. The van der Waals surface area contributed by atoms with Gasteiger partial charge in [-0.2, -0.15) is 0 Å². The van der Waals surface area contributed by atoms with E-state index in [9.17, 15) is 0 Å². The molecule has 0 bridgehead atoms. The number of aryl methyl sites for hydroxylation is 3. The minimum absolute atomic E-state index is 0.488. The molecule has 0 aromatic carbocycles. The van der Waals surface area contributed by atoms with E-state index in [-0.39, 0.29) is 0 Å². The molecule has 0 aliphatic carbocycles. The fourth-order valence-electron chi connectivity index (χ4n) is 2.57. The van der Waals surface area contributed by atoms with E-state index in [0.717, 1.165) is 38.7 Å². The van der Waals surface area contributed by atoms with Crippen LogP contribution in [0.25, 0.3) is 21.7 Å². The van der Waals surface area contributed by atoms with Crippen molar-refractivity contribution in [2.24, 2.45) is 0 Å². The standard InChI is InChI=1S/C17H16N4O2S2/c1-4-11-6-13-16(18-8-19-17(13)25-11)24-7-14-20-21-15(23-14)12-5-9(2)22-10(12)3/h5-6,8H,4,7H2,1-3H3. The summed E-state index contributed by atoms with van der Waals surface area (Å²) < 4.78 is 11.3. The van der Waals surface area contributed by atoms with E-state index in [0.29, 0.717) is 17.5 Å². The van der Waals surface area contributed by atoms with Crippen molar-refractivity contribution in [1.82, 2.24) is 20.2 Å². The molecule has 6 nitrogen and oxygen atoms in total. The molecule has 4 aromatic heterocycles. The summed E-state index contributed by atoms with van der Waals surface area (Å²) in [7, 11) is 0. The average Bonchev–Trinajstić information content (AvgIpc) is 3.30. The normalized spacial score (nSPS) is 11.5. The zero-order chi connectivity index (χ0) is 17.4.